The number of hydrogen-bond donors (Lipinski definition) is 1. The molecule has 0 bridgehead atoms. The van der Waals surface area contributed by atoms with Gasteiger partial charge in [-0.1, -0.05) is 6.92 Å². The highest BCUT2D eigenvalue weighted by molar-refractivity contribution is 5.73. The summed E-state index contributed by atoms with van der Waals surface area (Å²) in [7, 11) is 0. The average molecular weight is 169 g/mol. The summed E-state index contributed by atoms with van der Waals surface area (Å²) in [5, 5.41) is 3.26. The van der Waals surface area contributed by atoms with Gasteiger partial charge in [0, 0.05) is 5.41 Å². The molecule has 0 spiro atoms. The lowest BCUT2D eigenvalue weighted by Gasteiger charge is -2.36. The van der Waals surface area contributed by atoms with Gasteiger partial charge < -0.3 is 4.74 Å². The third kappa shape index (κ3) is 1.04. The van der Waals surface area contributed by atoms with Gasteiger partial charge >= 0.3 is 5.97 Å². The highest BCUT2D eigenvalue weighted by Gasteiger charge is 2.48. The van der Waals surface area contributed by atoms with Crippen molar-refractivity contribution >= 4 is 5.97 Å². The summed E-state index contributed by atoms with van der Waals surface area (Å²) < 4.78 is 5.21. The molecular formula is C9H15NO2. The highest BCUT2D eigenvalue weighted by atomic mass is 16.6. The zero-order valence-electron chi connectivity index (χ0n) is 7.43. The van der Waals surface area contributed by atoms with E-state index in [0.29, 0.717) is 6.42 Å². The second-order valence-electron chi connectivity index (χ2n) is 3.82. The molecule has 2 rings (SSSR count). The van der Waals surface area contributed by atoms with E-state index in [4.69, 9.17) is 4.74 Å². The van der Waals surface area contributed by atoms with Gasteiger partial charge in [0.2, 0.25) is 0 Å². The van der Waals surface area contributed by atoms with E-state index in [1.54, 1.807) is 0 Å². The number of fused-ring (bicyclic) bond motifs is 1. The molecule has 3 nitrogen and oxygen atoms in total. The van der Waals surface area contributed by atoms with Gasteiger partial charge in [-0.05, 0) is 25.8 Å². The molecule has 2 fully saturated rings. The Labute approximate surface area is 72.5 Å². The van der Waals surface area contributed by atoms with Crippen molar-refractivity contribution in [3.8, 4) is 0 Å². The quantitative estimate of drug-likeness (QED) is 0.596. The molecule has 2 aliphatic rings. The van der Waals surface area contributed by atoms with Crippen LogP contribution in [0.4, 0.5) is 0 Å². The summed E-state index contributed by atoms with van der Waals surface area (Å²) >= 11 is 0. The van der Waals surface area contributed by atoms with Gasteiger partial charge in [-0.25, -0.2) is 0 Å². The average Bonchev–Trinajstić information content (AvgIpc) is 2.41. The standard InChI is InChI=1S/C9H15NO2/c1-2-9-4-3-5-10-8(9)12-7(11)6-9/h8,10H,2-6H2,1H3. The molecule has 0 aromatic rings. The number of rotatable bonds is 1. The second kappa shape index (κ2) is 2.73. The molecule has 2 atom stereocenters. The minimum Gasteiger partial charge on any atom is -0.446 e. The summed E-state index contributed by atoms with van der Waals surface area (Å²) in [6.45, 7) is 3.13. The van der Waals surface area contributed by atoms with Crippen LogP contribution in [-0.4, -0.2) is 18.7 Å². The van der Waals surface area contributed by atoms with Crippen LogP contribution in [0.5, 0.6) is 0 Å². The number of hydrogen-bond acceptors (Lipinski definition) is 3. The topological polar surface area (TPSA) is 38.3 Å². The number of carbonyl (C=O) groups excluding carboxylic acids is 1. The van der Waals surface area contributed by atoms with Crippen LogP contribution in [0.25, 0.3) is 0 Å². The monoisotopic (exact) mass is 169 g/mol. The maximum atomic E-state index is 11.1. The molecule has 3 heteroatoms. The lowest BCUT2D eigenvalue weighted by atomic mass is 9.76. The Morgan fingerprint density at radius 2 is 2.58 bits per heavy atom. The van der Waals surface area contributed by atoms with E-state index in [0.717, 1.165) is 19.4 Å². The molecule has 2 aliphatic heterocycles. The largest absolute Gasteiger partial charge is 0.446 e. The van der Waals surface area contributed by atoms with Crippen LogP contribution >= 0.6 is 0 Å². The zero-order valence-corrected chi connectivity index (χ0v) is 7.43. The molecule has 0 aliphatic carbocycles. The van der Waals surface area contributed by atoms with Crippen LogP contribution in [0.15, 0.2) is 0 Å². The third-order valence-corrected chi connectivity index (χ3v) is 3.19. The van der Waals surface area contributed by atoms with Gasteiger partial charge in [-0.15, -0.1) is 0 Å². The third-order valence-electron chi connectivity index (χ3n) is 3.19. The normalized spacial score (nSPS) is 40.8. The SMILES string of the molecule is CCC12CCCNC1OC(=O)C2. The summed E-state index contributed by atoms with van der Waals surface area (Å²) in [6, 6.07) is 0. The Kier molecular flexibility index (Phi) is 1.83. The van der Waals surface area contributed by atoms with Crippen LogP contribution in [-0.2, 0) is 9.53 Å². The Bertz CT molecular complexity index is 205. The van der Waals surface area contributed by atoms with Crippen molar-refractivity contribution in [2.24, 2.45) is 5.41 Å². The molecule has 12 heavy (non-hydrogen) atoms. The van der Waals surface area contributed by atoms with Crippen molar-refractivity contribution in [2.45, 2.75) is 38.8 Å². The first-order chi connectivity index (χ1) is 5.77. The lowest BCUT2D eigenvalue weighted by Crippen LogP contribution is -2.46. The number of piperidine rings is 1. The summed E-state index contributed by atoms with van der Waals surface area (Å²) in [6.07, 6.45) is 3.95. The van der Waals surface area contributed by atoms with E-state index in [1.165, 1.54) is 6.42 Å². The first-order valence-electron chi connectivity index (χ1n) is 4.70. The Morgan fingerprint density at radius 3 is 3.25 bits per heavy atom. The van der Waals surface area contributed by atoms with Gasteiger partial charge in [0.1, 0.15) is 0 Å². The zero-order chi connectivity index (χ0) is 8.60. The molecule has 2 unspecified atom stereocenters. The predicted molar refractivity (Wildman–Crippen MR) is 44.5 cm³/mol. The van der Waals surface area contributed by atoms with Crippen LogP contribution in [0.3, 0.4) is 0 Å². The lowest BCUT2D eigenvalue weighted by molar-refractivity contribution is -0.143. The van der Waals surface area contributed by atoms with Crippen molar-refractivity contribution in [1.29, 1.82) is 0 Å². The van der Waals surface area contributed by atoms with Crippen LogP contribution in [0.2, 0.25) is 0 Å². The number of ether oxygens (including phenoxy) is 1. The van der Waals surface area contributed by atoms with Gasteiger partial charge in [-0.3, -0.25) is 10.1 Å². The van der Waals surface area contributed by atoms with Gasteiger partial charge in [0.25, 0.3) is 0 Å². The maximum Gasteiger partial charge on any atom is 0.308 e. The molecule has 0 amide bonds. The summed E-state index contributed by atoms with van der Waals surface area (Å²) in [4.78, 5) is 11.1. The number of carbonyl (C=O) groups is 1. The van der Waals surface area contributed by atoms with Crippen molar-refractivity contribution < 1.29 is 9.53 Å². The predicted octanol–water partition coefficient (Wildman–Crippen LogP) is 1.04. The van der Waals surface area contributed by atoms with Gasteiger partial charge in [0.15, 0.2) is 6.23 Å². The van der Waals surface area contributed by atoms with E-state index in [9.17, 15) is 4.79 Å². The first kappa shape index (κ1) is 8.05. The molecule has 68 valence electrons. The molecule has 0 aromatic carbocycles. The Hall–Kier alpha value is -0.570. The summed E-state index contributed by atoms with van der Waals surface area (Å²) in [5.74, 6) is -0.0312. The minimum absolute atomic E-state index is 0.00347. The van der Waals surface area contributed by atoms with Crippen molar-refractivity contribution in [1.82, 2.24) is 5.32 Å². The van der Waals surface area contributed by atoms with Crippen molar-refractivity contribution in [3.63, 3.8) is 0 Å². The van der Waals surface area contributed by atoms with Crippen LogP contribution in [0, 0.1) is 5.41 Å². The smallest absolute Gasteiger partial charge is 0.308 e. The van der Waals surface area contributed by atoms with Crippen molar-refractivity contribution in [3.05, 3.63) is 0 Å². The summed E-state index contributed by atoms with van der Waals surface area (Å²) in [5.41, 5.74) is 0.120. The second-order valence-corrected chi connectivity index (χ2v) is 3.82. The fraction of sp³-hybridized carbons (Fsp3) is 0.889. The molecule has 0 saturated carbocycles. The molecule has 0 radical (unpaired) electrons. The van der Waals surface area contributed by atoms with E-state index in [2.05, 4.69) is 12.2 Å². The van der Waals surface area contributed by atoms with E-state index < -0.39 is 0 Å². The number of esters is 1. The highest BCUT2D eigenvalue weighted by Crippen LogP contribution is 2.43. The van der Waals surface area contributed by atoms with E-state index in [-0.39, 0.29) is 17.6 Å². The fourth-order valence-corrected chi connectivity index (χ4v) is 2.32. The first-order valence-corrected chi connectivity index (χ1v) is 4.70. The minimum atomic E-state index is -0.0312. The molecule has 2 heterocycles. The fourth-order valence-electron chi connectivity index (χ4n) is 2.32. The molecule has 2 saturated heterocycles. The Morgan fingerprint density at radius 1 is 1.75 bits per heavy atom. The van der Waals surface area contributed by atoms with E-state index in [1.807, 2.05) is 0 Å². The van der Waals surface area contributed by atoms with Gasteiger partial charge in [-0.2, -0.15) is 0 Å². The number of nitrogens with one attached hydrogen (secondary N) is 1. The molecule has 1 N–H and O–H groups in total. The van der Waals surface area contributed by atoms with Gasteiger partial charge in [0.05, 0.1) is 6.42 Å². The Balaban J connectivity index is 2.19. The molecular weight excluding hydrogens is 154 g/mol. The van der Waals surface area contributed by atoms with Crippen molar-refractivity contribution in [2.75, 3.05) is 6.54 Å². The maximum absolute atomic E-state index is 11.1. The molecule has 0 aromatic heterocycles. The van der Waals surface area contributed by atoms with Crippen LogP contribution in [0.1, 0.15) is 32.6 Å². The van der Waals surface area contributed by atoms with E-state index >= 15 is 0 Å². The van der Waals surface area contributed by atoms with Crippen LogP contribution < -0.4 is 5.32 Å².